The van der Waals surface area contributed by atoms with Crippen LogP contribution in [0.3, 0.4) is 0 Å². The third kappa shape index (κ3) is 3.12. The van der Waals surface area contributed by atoms with Gasteiger partial charge < -0.3 is 4.74 Å². The van der Waals surface area contributed by atoms with E-state index < -0.39 is 4.92 Å². The van der Waals surface area contributed by atoms with Gasteiger partial charge in [-0.3, -0.25) is 10.1 Å². The standard InChI is InChI=1S/C11H4ClIN4O3/c12-11-15-2-1-9(16-11)20-10-7(13)3-6(5-14)4-8(10)17(18)19/h1-4H. The number of rotatable bonds is 3. The molecule has 0 aliphatic rings. The van der Waals surface area contributed by atoms with Crippen LogP contribution in [0, 0.1) is 25.0 Å². The molecule has 0 aliphatic carbocycles. The number of hydrogen-bond donors (Lipinski definition) is 0. The highest BCUT2D eigenvalue weighted by Crippen LogP contribution is 2.36. The van der Waals surface area contributed by atoms with E-state index in [0.717, 1.165) is 6.07 Å². The van der Waals surface area contributed by atoms with Gasteiger partial charge in [-0.2, -0.15) is 10.2 Å². The minimum atomic E-state index is -0.624. The zero-order valence-corrected chi connectivity index (χ0v) is 12.5. The van der Waals surface area contributed by atoms with Crippen molar-refractivity contribution in [2.75, 3.05) is 0 Å². The van der Waals surface area contributed by atoms with Crippen molar-refractivity contribution in [2.24, 2.45) is 0 Å². The molecule has 100 valence electrons. The Morgan fingerprint density at radius 3 is 2.85 bits per heavy atom. The predicted octanol–water partition coefficient (Wildman–Crippen LogP) is 3.31. The minimum Gasteiger partial charge on any atom is -0.430 e. The molecule has 0 saturated heterocycles. The molecule has 0 spiro atoms. The molecule has 0 amide bonds. The van der Waals surface area contributed by atoms with E-state index in [1.807, 2.05) is 28.7 Å². The Morgan fingerprint density at radius 1 is 1.50 bits per heavy atom. The van der Waals surface area contributed by atoms with Gasteiger partial charge in [0.15, 0.2) is 0 Å². The zero-order chi connectivity index (χ0) is 14.7. The third-order valence-electron chi connectivity index (χ3n) is 2.16. The van der Waals surface area contributed by atoms with Gasteiger partial charge in [0.05, 0.1) is 20.1 Å². The molecule has 2 rings (SSSR count). The smallest absolute Gasteiger partial charge is 0.314 e. The average molecular weight is 403 g/mol. The highest BCUT2D eigenvalue weighted by atomic mass is 127. The van der Waals surface area contributed by atoms with Crippen LogP contribution in [0.15, 0.2) is 24.4 Å². The molecule has 2 aromatic rings. The second-order valence-corrected chi connectivity index (χ2v) is 4.94. The van der Waals surface area contributed by atoms with Crippen LogP contribution < -0.4 is 4.74 Å². The molecule has 1 aromatic heterocycles. The van der Waals surface area contributed by atoms with Crippen LogP contribution in [-0.2, 0) is 0 Å². The van der Waals surface area contributed by atoms with E-state index in [1.54, 1.807) is 0 Å². The fourth-order valence-corrected chi connectivity index (χ4v) is 2.22. The molecule has 0 bridgehead atoms. The van der Waals surface area contributed by atoms with Gasteiger partial charge in [0.1, 0.15) is 0 Å². The van der Waals surface area contributed by atoms with Crippen molar-refractivity contribution in [1.82, 2.24) is 9.97 Å². The second kappa shape index (κ2) is 5.98. The molecule has 0 N–H and O–H groups in total. The van der Waals surface area contributed by atoms with Crippen LogP contribution in [-0.4, -0.2) is 14.9 Å². The monoisotopic (exact) mass is 402 g/mol. The summed E-state index contributed by atoms with van der Waals surface area (Å²) in [5.74, 6) is 0.0834. The van der Waals surface area contributed by atoms with Crippen LogP contribution in [0.1, 0.15) is 5.56 Å². The van der Waals surface area contributed by atoms with Crippen molar-refractivity contribution in [1.29, 1.82) is 5.26 Å². The van der Waals surface area contributed by atoms with Crippen molar-refractivity contribution in [3.63, 3.8) is 0 Å². The van der Waals surface area contributed by atoms with E-state index in [2.05, 4.69) is 9.97 Å². The number of aromatic nitrogens is 2. The number of halogens is 2. The zero-order valence-electron chi connectivity index (χ0n) is 9.58. The van der Waals surface area contributed by atoms with E-state index in [9.17, 15) is 10.1 Å². The van der Waals surface area contributed by atoms with Crippen LogP contribution in [0.5, 0.6) is 11.6 Å². The Morgan fingerprint density at radius 2 is 2.25 bits per heavy atom. The quantitative estimate of drug-likeness (QED) is 0.338. The van der Waals surface area contributed by atoms with Crippen molar-refractivity contribution in [3.05, 3.63) is 48.9 Å². The first-order valence-corrected chi connectivity index (χ1v) is 6.51. The van der Waals surface area contributed by atoms with E-state index in [4.69, 9.17) is 21.6 Å². The summed E-state index contributed by atoms with van der Waals surface area (Å²) in [6.07, 6.45) is 1.37. The van der Waals surface area contributed by atoms with Crippen LogP contribution >= 0.6 is 34.2 Å². The third-order valence-corrected chi connectivity index (χ3v) is 3.14. The SMILES string of the molecule is N#Cc1cc(I)c(Oc2ccnc(Cl)n2)c([N+](=O)[O-])c1. The van der Waals surface area contributed by atoms with Crippen molar-refractivity contribution in [3.8, 4) is 17.7 Å². The van der Waals surface area contributed by atoms with Crippen LogP contribution in [0.2, 0.25) is 5.28 Å². The Balaban J connectivity index is 2.51. The number of nitriles is 1. The number of nitro benzene ring substituents is 1. The van der Waals surface area contributed by atoms with E-state index >= 15 is 0 Å². The van der Waals surface area contributed by atoms with E-state index in [-0.39, 0.29) is 28.2 Å². The molecule has 0 atom stereocenters. The van der Waals surface area contributed by atoms with E-state index in [0.29, 0.717) is 3.57 Å². The summed E-state index contributed by atoms with van der Waals surface area (Å²) < 4.78 is 5.81. The summed E-state index contributed by atoms with van der Waals surface area (Å²) in [5, 5.41) is 19.9. The first kappa shape index (κ1) is 14.4. The van der Waals surface area contributed by atoms with Gasteiger partial charge in [-0.05, 0) is 40.3 Å². The largest absolute Gasteiger partial charge is 0.430 e. The van der Waals surface area contributed by atoms with Crippen LogP contribution in [0.4, 0.5) is 5.69 Å². The van der Waals surface area contributed by atoms with E-state index in [1.165, 1.54) is 18.3 Å². The molecule has 7 nitrogen and oxygen atoms in total. The summed E-state index contributed by atoms with van der Waals surface area (Å²) >= 11 is 7.47. The summed E-state index contributed by atoms with van der Waals surface area (Å²) in [6, 6.07) is 5.89. The molecule has 1 heterocycles. The number of hydrogen-bond acceptors (Lipinski definition) is 6. The molecule has 20 heavy (non-hydrogen) atoms. The maximum absolute atomic E-state index is 11.1. The molecule has 0 aliphatic heterocycles. The Bertz CT molecular complexity index is 732. The number of benzene rings is 1. The van der Waals surface area contributed by atoms with Crippen LogP contribution in [0.25, 0.3) is 0 Å². The van der Waals surface area contributed by atoms with Crippen molar-refractivity contribution in [2.45, 2.75) is 0 Å². The maximum Gasteiger partial charge on any atom is 0.314 e. The fraction of sp³-hybridized carbons (Fsp3) is 0. The summed E-state index contributed by atoms with van der Waals surface area (Å²) in [7, 11) is 0. The molecular weight excluding hydrogens is 399 g/mol. The summed E-state index contributed by atoms with van der Waals surface area (Å²) in [6.45, 7) is 0. The van der Waals surface area contributed by atoms with Crippen molar-refractivity contribution < 1.29 is 9.66 Å². The van der Waals surface area contributed by atoms with Gasteiger partial charge >= 0.3 is 5.69 Å². The van der Waals surface area contributed by atoms with Gasteiger partial charge in [0.25, 0.3) is 0 Å². The lowest BCUT2D eigenvalue weighted by Crippen LogP contribution is -1.98. The predicted molar refractivity (Wildman–Crippen MR) is 77.6 cm³/mol. The number of ether oxygens (including phenoxy) is 1. The van der Waals surface area contributed by atoms with Gasteiger partial charge in [0.2, 0.25) is 16.9 Å². The van der Waals surface area contributed by atoms with Gasteiger partial charge in [0, 0.05) is 18.3 Å². The molecule has 1 aromatic carbocycles. The summed E-state index contributed by atoms with van der Waals surface area (Å²) in [5.41, 5.74) is -0.141. The molecular formula is C11H4ClIN4O3. The fourth-order valence-electron chi connectivity index (χ4n) is 1.36. The molecule has 0 saturated carbocycles. The Kier molecular flexibility index (Phi) is 4.31. The molecule has 0 unspecified atom stereocenters. The first-order chi connectivity index (χ1) is 9.51. The van der Waals surface area contributed by atoms with Gasteiger partial charge in [-0.1, -0.05) is 0 Å². The number of nitro groups is 1. The lowest BCUT2D eigenvalue weighted by Gasteiger charge is -2.07. The minimum absolute atomic E-state index is 0.00404. The molecule has 0 radical (unpaired) electrons. The average Bonchev–Trinajstić information content (AvgIpc) is 2.40. The normalized spacial score (nSPS) is 9.85. The highest BCUT2D eigenvalue weighted by molar-refractivity contribution is 14.1. The highest BCUT2D eigenvalue weighted by Gasteiger charge is 2.21. The number of nitrogens with zero attached hydrogens (tertiary/aromatic N) is 4. The lowest BCUT2D eigenvalue weighted by atomic mass is 10.2. The summed E-state index contributed by atoms with van der Waals surface area (Å²) in [4.78, 5) is 17.9. The molecule has 9 heteroatoms. The second-order valence-electron chi connectivity index (χ2n) is 3.44. The topological polar surface area (TPSA) is 102 Å². The van der Waals surface area contributed by atoms with Crippen molar-refractivity contribution >= 4 is 39.9 Å². The Hall–Kier alpha value is -1.99. The Labute approximate surface area is 131 Å². The molecule has 0 fully saturated rings. The van der Waals surface area contributed by atoms with Gasteiger partial charge in [-0.15, -0.1) is 0 Å². The first-order valence-electron chi connectivity index (χ1n) is 5.05. The lowest BCUT2D eigenvalue weighted by molar-refractivity contribution is -0.385. The van der Waals surface area contributed by atoms with Gasteiger partial charge in [-0.25, -0.2) is 4.98 Å². The maximum atomic E-state index is 11.1.